The number of nitrogens with one attached hydrogen (secondary N) is 1. The smallest absolute Gasteiger partial charge is 0.257 e. The molecule has 0 aliphatic carbocycles. The average Bonchev–Trinajstić information content (AvgIpc) is 2.35. The molecule has 0 saturated carbocycles. The number of carbonyl (C=O) groups is 1. The lowest BCUT2D eigenvalue weighted by Crippen LogP contribution is -2.24. The summed E-state index contributed by atoms with van der Waals surface area (Å²) in [6, 6.07) is 6.74. The predicted molar refractivity (Wildman–Crippen MR) is 57.3 cm³/mol. The van der Waals surface area contributed by atoms with Crippen molar-refractivity contribution in [1.29, 1.82) is 5.26 Å². The van der Waals surface area contributed by atoms with E-state index < -0.39 is 0 Å². The fourth-order valence-corrected chi connectivity index (χ4v) is 1.07. The van der Waals surface area contributed by atoms with Crippen LogP contribution in [0.4, 0.5) is 0 Å². The number of rotatable bonds is 4. The van der Waals surface area contributed by atoms with E-state index in [1.54, 1.807) is 18.2 Å². The number of ether oxygens (including phenoxy) is 2. The number of hydrogen-bond donors (Lipinski definition) is 1. The minimum Gasteiger partial charge on any atom is -0.493 e. The Morgan fingerprint density at radius 1 is 1.50 bits per heavy atom. The standard InChI is InChI=1S/C11H12N2O3/c1-13-11(14)7-16-9-4-3-8(6-12)5-10(9)15-2/h3-5H,7H2,1-2H3,(H,13,14). The molecule has 16 heavy (non-hydrogen) atoms. The molecular formula is C11H12N2O3. The van der Waals surface area contributed by atoms with Crippen LogP contribution in [-0.2, 0) is 4.79 Å². The van der Waals surface area contributed by atoms with Gasteiger partial charge in [-0.3, -0.25) is 4.79 Å². The van der Waals surface area contributed by atoms with Crippen LogP contribution in [0.3, 0.4) is 0 Å². The third-order valence-corrected chi connectivity index (χ3v) is 1.93. The van der Waals surface area contributed by atoms with Crippen molar-refractivity contribution in [1.82, 2.24) is 5.32 Å². The first kappa shape index (κ1) is 11.9. The van der Waals surface area contributed by atoms with Gasteiger partial charge in [-0.05, 0) is 12.1 Å². The Bertz CT molecular complexity index is 424. The third kappa shape index (κ3) is 2.89. The van der Waals surface area contributed by atoms with E-state index >= 15 is 0 Å². The molecular weight excluding hydrogens is 208 g/mol. The molecule has 1 aromatic carbocycles. The SMILES string of the molecule is CNC(=O)COc1ccc(C#N)cc1OC. The number of nitrogens with zero attached hydrogens (tertiary/aromatic N) is 1. The van der Waals surface area contributed by atoms with Gasteiger partial charge in [-0.15, -0.1) is 0 Å². The molecule has 1 rings (SSSR count). The first-order valence-corrected chi connectivity index (χ1v) is 4.62. The summed E-state index contributed by atoms with van der Waals surface area (Å²) in [4.78, 5) is 11.0. The molecule has 5 nitrogen and oxygen atoms in total. The summed E-state index contributed by atoms with van der Waals surface area (Å²) in [6.07, 6.45) is 0. The molecule has 0 bridgehead atoms. The molecule has 0 aliphatic heterocycles. The van der Waals surface area contributed by atoms with E-state index in [9.17, 15) is 4.79 Å². The highest BCUT2D eigenvalue weighted by Crippen LogP contribution is 2.27. The number of carbonyl (C=O) groups excluding carboxylic acids is 1. The Morgan fingerprint density at radius 3 is 2.81 bits per heavy atom. The van der Waals surface area contributed by atoms with Crippen molar-refractivity contribution in [3.63, 3.8) is 0 Å². The van der Waals surface area contributed by atoms with Crippen LogP contribution in [0, 0.1) is 11.3 Å². The number of amides is 1. The number of hydrogen-bond acceptors (Lipinski definition) is 4. The molecule has 0 radical (unpaired) electrons. The number of likely N-dealkylation sites (N-methyl/N-ethyl adjacent to an activating group) is 1. The third-order valence-electron chi connectivity index (χ3n) is 1.93. The normalized spacial score (nSPS) is 9.06. The topological polar surface area (TPSA) is 71.3 Å². The number of methoxy groups -OCH3 is 1. The van der Waals surface area contributed by atoms with Gasteiger partial charge >= 0.3 is 0 Å². The van der Waals surface area contributed by atoms with Crippen LogP contribution in [0.2, 0.25) is 0 Å². The molecule has 5 heteroatoms. The molecule has 1 aromatic rings. The highest BCUT2D eigenvalue weighted by Gasteiger charge is 2.07. The highest BCUT2D eigenvalue weighted by atomic mass is 16.5. The zero-order valence-corrected chi connectivity index (χ0v) is 9.11. The van der Waals surface area contributed by atoms with Gasteiger partial charge in [0, 0.05) is 13.1 Å². The van der Waals surface area contributed by atoms with Crippen LogP contribution < -0.4 is 14.8 Å². The largest absolute Gasteiger partial charge is 0.493 e. The Balaban J connectivity index is 2.80. The summed E-state index contributed by atoms with van der Waals surface area (Å²) in [6.45, 7) is -0.0846. The summed E-state index contributed by atoms with van der Waals surface area (Å²) in [5.74, 6) is 0.638. The summed E-state index contributed by atoms with van der Waals surface area (Å²) < 4.78 is 10.3. The maximum atomic E-state index is 11.0. The van der Waals surface area contributed by atoms with Crippen molar-refractivity contribution in [3.05, 3.63) is 23.8 Å². The molecule has 0 heterocycles. The first-order valence-electron chi connectivity index (χ1n) is 4.62. The van der Waals surface area contributed by atoms with Crippen LogP contribution in [-0.4, -0.2) is 26.7 Å². The minimum atomic E-state index is -0.230. The first-order chi connectivity index (χ1) is 7.71. The van der Waals surface area contributed by atoms with Gasteiger partial charge in [0.25, 0.3) is 5.91 Å². The molecule has 1 N–H and O–H groups in total. The van der Waals surface area contributed by atoms with E-state index in [0.29, 0.717) is 17.1 Å². The van der Waals surface area contributed by atoms with Gasteiger partial charge in [0.2, 0.25) is 0 Å². The number of nitriles is 1. The molecule has 0 fully saturated rings. The monoisotopic (exact) mass is 220 g/mol. The fraction of sp³-hybridized carbons (Fsp3) is 0.273. The zero-order valence-electron chi connectivity index (χ0n) is 9.11. The van der Waals surface area contributed by atoms with Gasteiger partial charge in [-0.1, -0.05) is 0 Å². The number of benzene rings is 1. The van der Waals surface area contributed by atoms with Crippen molar-refractivity contribution < 1.29 is 14.3 Å². The van der Waals surface area contributed by atoms with Crippen LogP contribution >= 0.6 is 0 Å². The Morgan fingerprint density at radius 2 is 2.25 bits per heavy atom. The van der Waals surface area contributed by atoms with E-state index in [2.05, 4.69) is 5.32 Å². The molecule has 0 saturated heterocycles. The summed E-state index contributed by atoms with van der Waals surface area (Å²) in [7, 11) is 3.00. The fourth-order valence-electron chi connectivity index (χ4n) is 1.07. The molecule has 0 aromatic heterocycles. The molecule has 0 atom stereocenters. The van der Waals surface area contributed by atoms with Crippen molar-refractivity contribution in [2.75, 3.05) is 20.8 Å². The van der Waals surface area contributed by atoms with Crippen LogP contribution in [0.25, 0.3) is 0 Å². The second kappa shape index (κ2) is 5.61. The quantitative estimate of drug-likeness (QED) is 0.810. The summed E-state index contributed by atoms with van der Waals surface area (Å²) >= 11 is 0. The predicted octanol–water partition coefficient (Wildman–Crippen LogP) is 0.692. The summed E-state index contributed by atoms with van der Waals surface area (Å²) in [5, 5.41) is 11.1. The Labute approximate surface area is 93.6 Å². The maximum Gasteiger partial charge on any atom is 0.257 e. The van der Waals surface area contributed by atoms with Gasteiger partial charge < -0.3 is 14.8 Å². The van der Waals surface area contributed by atoms with Crippen LogP contribution in [0.15, 0.2) is 18.2 Å². The van der Waals surface area contributed by atoms with Crippen LogP contribution in [0.1, 0.15) is 5.56 Å². The molecule has 0 spiro atoms. The van der Waals surface area contributed by atoms with E-state index in [4.69, 9.17) is 14.7 Å². The lowest BCUT2D eigenvalue weighted by Gasteiger charge is -2.09. The molecule has 0 aliphatic rings. The van der Waals surface area contributed by atoms with Crippen molar-refractivity contribution in [2.24, 2.45) is 0 Å². The second-order valence-electron chi connectivity index (χ2n) is 2.94. The Hall–Kier alpha value is -2.22. The molecule has 84 valence electrons. The maximum absolute atomic E-state index is 11.0. The minimum absolute atomic E-state index is 0.0846. The second-order valence-corrected chi connectivity index (χ2v) is 2.94. The van der Waals surface area contributed by atoms with E-state index in [-0.39, 0.29) is 12.5 Å². The average molecular weight is 220 g/mol. The van der Waals surface area contributed by atoms with E-state index in [1.807, 2.05) is 6.07 Å². The van der Waals surface area contributed by atoms with Crippen molar-refractivity contribution in [3.8, 4) is 17.6 Å². The summed E-state index contributed by atoms with van der Waals surface area (Å²) in [5.41, 5.74) is 0.476. The van der Waals surface area contributed by atoms with E-state index in [1.165, 1.54) is 14.2 Å². The zero-order chi connectivity index (χ0) is 12.0. The van der Waals surface area contributed by atoms with E-state index in [0.717, 1.165) is 0 Å². The lowest BCUT2D eigenvalue weighted by molar-refractivity contribution is -0.122. The van der Waals surface area contributed by atoms with Gasteiger partial charge in [-0.25, -0.2) is 0 Å². The van der Waals surface area contributed by atoms with Crippen molar-refractivity contribution >= 4 is 5.91 Å². The van der Waals surface area contributed by atoms with Gasteiger partial charge in [0.05, 0.1) is 18.7 Å². The van der Waals surface area contributed by atoms with Gasteiger partial charge in [0.1, 0.15) is 0 Å². The van der Waals surface area contributed by atoms with Crippen LogP contribution in [0.5, 0.6) is 11.5 Å². The van der Waals surface area contributed by atoms with Crippen molar-refractivity contribution in [2.45, 2.75) is 0 Å². The van der Waals surface area contributed by atoms with Gasteiger partial charge in [0.15, 0.2) is 18.1 Å². The highest BCUT2D eigenvalue weighted by molar-refractivity contribution is 5.77. The lowest BCUT2D eigenvalue weighted by atomic mass is 10.2. The molecule has 1 amide bonds. The molecule has 0 unspecified atom stereocenters. The van der Waals surface area contributed by atoms with Gasteiger partial charge in [-0.2, -0.15) is 5.26 Å². The Kier molecular flexibility index (Phi) is 4.16.